The van der Waals surface area contributed by atoms with Crippen LogP contribution in [0.3, 0.4) is 0 Å². The lowest BCUT2D eigenvalue weighted by atomic mass is 10.0. The topological polar surface area (TPSA) is 82.3 Å². The molecular weight excluding hydrogens is 268 g/mol. The molecule has 1 fully saturated rings. The second-order valence-electron chi connectivity index (χ2n) is 5.36. The molecule has 0 heterocycles. The van der Waals surface area contributed by atoms with E-state index in [1.807, 2.05) is 6.07 Å². The van der Waals surface area contributed by atoms with Crippen LogP contribution < -0.4 is 10.1 Å². The number of amides is 1. The van der Waals surface area contributed by atoms with Crippen LogP contribution in [0.2, 0.25) is 0 Å². The number of hydrogen-bond donors (Lipinski definition) is 2. The molecule has 0 aromatic heterocycles. The third-order valence-corrected chi connectivity index (χ3v) is 3.90. The Morgan fingerprint density at radius 1 is 1.52 bits per heavy atom. The minimum absolute atomic E-state index is 0.0137. The average Bonchev–Trinajstić information content (AvgIpc) is 2.94. The number of aliphatic hydroxyl groups is 1. The SMILES string of the molecule is CC(Oc1ccccc1C#N)C(=O)NC1CCCC1CO. The molecule has 3 unspecified atom stereocenters. The number of aliphatic hydroxyl groups excluding tert-OH is 1. The number of para-hydroxylation sites is 1. The zero-order chi connectivity index (χ0) is 15.2. The molecule has 0 aliphatic heterocycles. The van der Waals surface area contributed by atoms with Gasteiger partial charge in [0.1, 0.15) is 11.8 Å². The van der Waals surface area contributed by atoms with Crippen LogP contribution >= 0.6 is 0 Å². The second-order valence-corrected chi connectivity index (χ2v) is 5.36. The van der Waals surface area contributed by atoms with Crippen molar-refractivity contribution in [3.8, 4) is 11.8 Å². The van der Waals surface area contributed by atoms with Gasteiger partial charge in [0.2, 0.25) is 0 Å². The van der Waals surface area contributed by atoms with Crippen molar-refractivity contribution in [3.05, 3.63) is 29.8 Å². The zero-order valence-electron chi connectivity index (χ0n) is 12.1. The van der Waals surface area contributed by atoms with Crippen molar-refractivity contribution in [2.75, 3.05) is 6.61 Å². The van der Waals surface area contributed by atoms with Crippen LogP contribution in [0.15, 0.2) is 24.3 Å². The Labute approximate surface area is 124 Å². The molecule has 0 saturated heterocycles. The second kappa shape index (κ2) is 7.09. The molecule has 3 atom stereocenters. The van der Waals surface area contributed by atoms with Crippen molar-refractivity contribution in [2.24, 2.45) is 5.92 Å². The van der Waals surface area contributed by atoms with Crippen LogP contribution in [0.5, 0.6) is 5.75 Å². The van der Waals surface area contributed by atoms with E-state index in [1.54, 1.807) is 31.2 Å². The Balaban J connectivity index is 1.95. The van der Waals surface area contributed by atoms with E-state index in [0.29, 0.717) is 11.3 Å². The molecule has 2 rings (SSSR count). The van der Waals surface area contributed by atoms with Gasteiger partial charge in [0, 0.05) is 18.6 Å². The normalized spacial score (nSPS) is 22.3. The minimum atomic E-state index is -0.681. The van der Waals surface area contributed by atoms with Crippen molar-refractivity contribution in [3.63, 3.8) is 0 Å². The Morgan fingerprint density at radius 3 is 3.00 bits per heavy atom. The van der Waals surface area contributed by atoms with E-state index in [4.69, 9.17) is 10.00 Å². The maximum atomic E-state index is 12.2. The van der Waals surface area contributed by atoms with Gasteiger partial charge in [-0.2, -0.15) is 5.26 Å². The standard InChI is InChI=1S/C16H20N2O3/c1-11(21-15-8-3-2-5-12(15)9-17)16(20)18-14-7-4-6-13(14)10-19/h2-3,5,8,11,13-14,19H,4,6-7,10H2,1H3,(H,18,20). The van der Waals surface area contributed by atoms with Gasteiger partial charge in [0.15, 0.2) is 6.10 Å². The Bertz CT molecular complexity index is 539. The highest BCUT2D eigenvalue weighted by atomic mass is 16.5. The summed E-state index contributed by atoms with van der Waals surface area (Å²) in [6, 6.07) is 8.89. The summed E-state index contributed by atoms with van der Waals surface area (Å²) in [7, 11) is 0. The largest absolute Gasteiger partial charge is 0.480 e. The van der Waals surface area contributed by atoms with Gasteiger partial charge in [-0.15, -0.1) is 0 Å². The van der Waals surface area contributed by atoms with Gasteiger partial charge in [-0.05, 0) is 31.9 Å². The van der Waals surface area contributed by atoms with E-state index in [0.717, 1.165) is 19.3 Å². The summed E-state index contributed by atoms with van der Waals surface area (Å²) in [6.45, 7) is 1.75. The summed E-state index contributed by atoms with van der Waals surface area (Å²) in [4.78, 5) is 12.2. The lowest BCUT2D eigenvalue weighted by Gasteiger charge is -2.22. The smallest absolute Gasteiger partial charge is 0.261 e. The van der Waals surface area contributed by atoms with Gasteiger partial charge >= 0.3 is 0 Å². The summed E-state index contributed by atoms with van der Waals surface area (Å²) in [5.74, 6) is 0.327. The molecule has 1 aliphatic rings. The van der Waals surface area contributed by atoms with E-state index in [9.17, 15) is 9.90 Å². The van der Waals surface area contributed by atoms with Crippen LogP contribution in [0, 0.1) is 17.2 Å². The maximum absolute atomic E-state index is 12.2. The van der Waals surface area contributed by atoms with E-state index >= 15 is 0 Å². The van der Waals surface area contributed by atoms with Gasteiger partial charge < -0.3 is 15.2 Å². The van der Waals surface area contributed by atoms with E-state index in [-0.39, 0.29) is 24.5 Å². The van der Waals surface area contributed by atoms with Crippen molar-refractivity contribution in [1.82, 2.24) is 5.32 Å². The molecule has 5 heteroatoms. The summed E-state index contributed by atoms with van der Waals surface area (Å²) in [5.41, 5.74) is 0.409. The molecule has 1 aromatic carbocycles. The number of benzene rings is 1. The van der Waals surface area contributed by atoms with Gasteiger partial charge in [-0.3, -0.25) is 4.79 Å². The molecule has 1 aliphatic carbocycles. The van der Waals surface area contributed by atoms with E-state index in [2.05, 4.69) is 5.32 Å². The van der Waals surface area contributed by atoms with E-state index in [1.165, 1.54) is 0 Å². The molecule has 21 heavy (non-hydrogen) atoms. The molecule has 2 N–H and O–H groups in total. The number of carbonyl (C=O) groups is 1. The Hall–Kier alpha value is -2.06. The van der Waals surface area contributed by atoms with Crippen molar-refractivity contribution in [1.29, 1.82) is 5.26 Å². The number of nitrogens with zero attached hydrogens (tertiary/aromatic N) is 1. The first kappa shape index (κ1) is 15.3. The van der Waals surface area contributed by atoms with Crippen LogP contribution in [0.1, 0.15) is 31.7 Å². The molecule has 0 bridgehead atoms. The van der Waals surface area contributed by atoms with Gasteiger partial charge in [0.05, 0.1) is 5.56 Å². The third-order valence-electron chi connectivity index (χ3n) is 3.90. The number of carbonyl (C=O) groups excluding carboxylic acids is 1. The summed E-state index contributed by atoms with van der Waals surface area (Å²) in [6.07, 6.45) is 2.16. The molecule has 0 spiro atoms. The zero-order valence-corrected chi connectivity index (χ0v) is 12.1. The first-order chi connectivity index (χ1) is 10.2. The number of rotatable bonds is 5. The molecule has 0 radical (unpaired) electrons. The van der Waals surface area contributed by atoms with Gasteiger partial charge in [-0.1, -0.05) is 18.6 Å². The fourth-order valence-electron chi connectivity index (χ4n) is 2.65. The quantitative estimate of drug-likeness (QED) is 0.862. The van der Waals surface area contributed by atoms with Crippen molar-refractivity contribution in [2.45, 2.75) is 38.3 Å². The minimum Gasteiger partial charge on any atom is -0.480 e. The van der Waals surface area contributed by atoms with Crippen LogP contribution in [0.4, 0.5) is 0 Å². The highest BCUT2D eigenvalue weighted by Gasteiger charge is 2.29. The van der Waals surface area contributed by atoms with Gasteiger partial charge in [-0.25, -0.2) is 0 Å². The Morgan fingerprint density at radius 2 is 2.29 bits per heavy atom. The maximum Gasteiger partial charge on any atom is 0.261 e. The molecule has 5 nitrogen and oxygen atoms in total. The molecule has 1 amide bonds. The van der Waals surface area contributed by atoms with Crippen molar-refractivity contribution < 1.29 is 14.6 Å². The van der Waals surface area contributed by atoms with Crippen LogP contribution in [-0.4, -0.2) is 29.8 Å². The number of ether oxygens (including phenoxy) is 1. The van der Waals surface area contributed by atoms with E-state index < -0.39 is 6.10 Å². The number of nitrogens with one attached hydrogen (secondary N) is 1. The summed E-state index contributed by atoms with van der Waals surface area (Å²) >= 11 is 0. The highest BCUT2D eigenvalue weighted by molar-refractivity contribution is 5.81. The third kappa shape index (κ3) is 3.73. The lowest BCUT2D eigenvalue weighted by molar-refractivity contribution is -0.128. The predicted molar refractivity (Wildman–Crippen MR) is 77.6 cm³/mol. The molecular formula is C16H20N2O3. The van der Waals surface area contributed by atoms with Crippen molar-refractivity contribution >= 4 is 5.91 Å². The Kier molecular flexibility index (Phi) is 5.18. The monoisotopic (exact) mass is 288 g/mol. The first-order valence-electron chi connectivity index (χ1n) is 7.22. The fourth-order valence-corrected chi connectivity index (χ4v) is 2.65. The molecule has 1 aromatic rings. The highest BCUT2D eigenvalue weighted by Crippen LogP contribution is 2.25. The number of nitriles is 1. The lowest BCUT2D eigenvalue weighted by Crippen LogP contribution is -2.44. The summed E-state index contributed by atoms with van der Waals surface area (Å²) in [5, 5.41) is 21.2. The average molecular weight is 288 g/mol. The van der Waals surface area contributed by atoms with Crippen LogP contribution in [-0.2, 0) is 4.79 Å². The van der Waals surface area contributed by atoms with Gasteiger partial charge in [0.25, 0.3) is 5.91 Å². The van der Waals surface area contributed by atoms with Crippen LogP contribution in [0.25, 0.3) is 0 Å². The predicted octanol–water partition coefficient (Wildman–Crippen LogP) is 1.60. The molecule has 112 valence electrons. The number of hydrogen-bond acceptors (Lipinski definition) is 4. The summed E-state index contributed by atoms with van der Waals surface area (Å²) < 4.78 is 5.58. The molecule has 1 saturated carbocycles. The first-order valence-corrected chi connectivity index (χ1v) is 7.22. The fraction of sp³-hybridized carbons (Fsp3) is 0.500.